The van der Waals surface area contributed by atoms with Crippen LogP contribution >= 0.6 is 0 Å². The Morgan fingerprint density at radius 2 is 0.720 bits per heavy atom. The fourth-order valence-corrected chi connectivity index (χ4v) is 11.0. The number of hydrogen-bond donors (Lipinski definition) is 0. The van der Waals surface area contributed by atoms with E-state index in [2.05, 4.69) is 0 Å². The Morgan fingerprint density at radius 3 is 1.10 bits per heavy atom. The predicted molar refractivity (Wildman–Crippen MR) is 151 cm³/mol. The van der Waals surface area contributed by atoms with Gasteiger partial charge in [-0.05, 0) is 0 Å². The van der Waals surface area contributed by atoms with Crippen molar-refractivity contribution in [3.63, 3.8) is 0 Å². The third-order valence-electron chi connectivity index (χ3n) is 8.12. The molecule has 0 N–H and O–H groups in total. The second-order valence-electron chi connectivity index (χ2n) is 11.6. The number of fused-ring (bicyclic) bond motifs is 2. The van der Waals surface area contributed by atoms with Gasteiger partial charge in [0.15, 0.2) is 0 Å². The zero-order chi connectivity index (χ0) is 37.8. The molecule has 1 radical (unpaired) electrons. The van der Waals surface area contributed by atoms with Gasteiger partial charge in [-0.15, -0.1) is 0 Å². The van der Waals surface area contributed by atoms with Crippen LogP contribution in [0.4, 0.5) is 74.6 Å². The van der Waals surface area contributed by atoms with Crippen LogP contribution in [0, 0.1) is 0 Å². The van der Waals surface area contributed by atoms with Crippen LogP contribution in [0.15, 0.2) is 84.9 Å². The molecule has 0 fully saturated rings. The molecule has 0 bridgehead atoms. The van der Waals surface area contributed by atoms with Crippen molar-refractivity contribution < 1.29 is 74.6 Å². The zero-order valence-electron chi connectivity index (χ0n) is 24.8. The summed E-state index contributed by atoms with van der Waals surface area (Å²) in [6.45, 7) is 0. The molecule has 4 aromatic rings. The van der Waals surface area contributed by atoms with Crippen LogP contribution in [0.5, 0.6) is 0 Å². The molecule has 0 aromatic heterocycles. The summed E-state index contributed by atoms with van der Waals surface area (Å²) < 4.78 is 234. The molecule has 4 rings (SSSR count). The Labute approximate surface area is 276 Å². The molecule has 50 heavy (non-hydrogen) atoms. The number of alkyl halides is 17. The molecule has 0 amide bonds. The fraction of sp³-hybridized carbons (Fsp3) is 0.375. The molecule has 0 aliphatic heterocycles. The van der Waals surface area contributed by atoms with E-state index < -0.39 is 73.7 Å². The molecule has 0 aliphatic carbocycles. The standard InChI is InChI=1S/C32H22F17Ge/c33-25(34,26(35,36)27(37,38)28(39,40)29(41,42)30(43,44)31(45,46)32(47,48)49)13-14-50(17-19-9-11-21-5-1-3-7-23(21)15-19)18-20-10-12-22-6-2-4-8-24(22)16-20/h1-12,15-16H,13-14,17-18H2. The molecular weight excluding hydrogens is 780 g/mol. The molecule has 0 nitrogen and oxygen atoms in total. The predicted octanol–water partition coefficient (Wildman–Crippen LogP) is 11.8. The van der Waals surface area contributed by atoms with Crippen molar-refractivity contribution in [3.8, 4) is 0 Å². The van der Waals surface area contributed by atoms with Crippen molar-refractivity contribution in [2.24, 2.45) is 0 Å². The van der Waals surface area contributed by atoms with Gasteiger partial charge in [0.05, 0.1) is 0 Å². The first kappa shape index (κ1) is 39.5. The number of hydrogen-bond acceptors (Lipinski definition) is 0. The van der Waals surface area contributed by atoms with Crippen molar-refractivity contribution in [1.82, 2.24) is 0 Å². The molecule has 18 heteroatoms. The van der Waals surface area contributed by atoms with Gasteiger partial charge in [0.25, 0.3) is 0 Å². The first-order valence-electron chi connectivity index (χ1n) is 14.2. The van der Waals surface area contributed by atoms with E-state index in [1.165, 1.54) is 0 Å². The van der Waals surface area contributed by atoms with E-state index in [1.807, 2.05) is 0 Å². The summed E-state index contributed by atoms with van der Waals surface area (Å²) in [5, 5.41) is 1.68. The van der Waals surface area contributed by atoms with Crippen LogP contribution < -0.4 is 0 Å². The van der Waals surface area contributed by atoms with Crippen LogP contribution in [-0.4, -0.2) is 62.0 Å². The van der Waals surface area contributed by atoms with Gasteiger partial charge < -0.3 is 0 Å². The maximum atomic E-state index is 14.9. The maximum absolute atomic E-state index is 14.9. The van der Waals surface area contributed by atoms with E-state index in [0.717, 1.165) is 10.8 Å². The van der Waals surface area contributed by atoms with Gasteiger partial charge in [0, 0.05) is 0 Å². The van der Waals surface area contributed by atoms with Crippen LogP contribution in [0.3, 0.4) is 0 Å². The van der Waals surface area contributed by atoms with Crippen molar-refractivity contribution in [2.45, 2.75) is 69.8 Å². The van der Waals surface area contributed by atoms with E-state index in [9.17, 15) is 74.6 Å². The molecule has 0 saturated heterocycles. The summed E-state index contributed by atoms with van der Waals surface area (Å²) in [6.07, 6.45) is -10.2. The second kappa shape index (κ2) is 13.1. The summed E-state index contributed by atoms with van der Waals surface area (Å²) in [7, 11) is 0. The average Bonchev–Trinajstić information content (AvgIpc) is 3.02. The first-order valence-corrected chi connectivity index (χ1v) is 18.7. The van der Waals surface area contributed by atoms with Gasteiger partial charge >= 0.3 is 276 Å². The van der Waals surface area contributed by atoms with Gasteiger partial charge in [0.1, 0.15) is 0 Å². The van der Waals surface area contributed by atoms with E-state index >= 15 is 0 Å². The Bertz CT molecular complexity index is 1730. The zero-order valence-corrected chi connectivity index (χ0v) is 26.9. The third-order valence-corrected chi connectivity index (χ3v) is 13.9. The molecule has 0 heterocycles. The molecule has 0 atom stereocenters. The van der Waals surface area contributed by atoms with Crippen molar-refractivity contribution in [1.29, 1.82) is 0 Å². The van der Waals surface area contributed by atoms with Crippen LogP contribution in [0.1, 0.15) is 17.5 Å². The topological polar surface area (TPSA) is 0 Å². The minimum absolute atomic E-state index is 0.0529. The number of rotatable bonds is 13. The van der Waals surface area contributed by atoms with Crippen LogP contribution in [0.25, 0.3) is 21.5 Å². The normalized spacial score (nSPS) is 14.6. The van der Waals surface area contributed by atoms with Gasteiger partial charge in [0.2, 0.25) is 0 Å². The van der Waals surface area contributed by atoms with Crippen LogP contribution in [-0.2, 0) is 10.5 Å². The molecule has 0 saturated carbocycles. The monoisotopic (exact) mass is 803 g/mol. The summed E-state index contributed by atoms with van der Waals surface area (Å²) in [6, 6.07) is 23.2. The number of benzene rings is 4. The molecule has 273 valence electrons. The van der Waals surface area contributed by atoms with E-state index in [1.54, 1.807) is 84.9 Å². The SMILES string of the molecule is FC(F)(F)C(F)(F)C(F)(F)C(F)(F)C(F)(F)C(F)(F)C(F)(F)C(F)(F)C[CH2][Ge]([CH2]c1ccc2ccccc2c1)[CH2]c1ccc2ccccc2c1. The fourth-order valence-electron chi connectivity index (χ4n) is 5.20. The summed E-state index contributed by atoms with van der Waals surface area (Å²) >= 11 is -3.31. The van der Waals surface area contributed by atoms with Gasteiger partial charge in [-0.25, -0.2) is 0 Å². The van der Waals surface area contributed by atoms with E-state index in [4.69, 9.17) is 0 Å². The molecular formula is C32H22F17Ge. The van der Waals surface area contributed by atoms with Gasteiger partial charge in [-0.1, -0.05) is 0 Å². The second-order valence-corrected chi connectivity index (χ2v) is 17.3. The van der Waals surface area contributed by atoms with Crippen molar-refractivity contribution in [3.05, 3.63) is 96.1 Å². The van der Waals surface area contributed by atoms with Crippen LogP contribution in [0.2, 0.25) is 5.25 Å². The van der Waals surface area contributed by atoms with Gasteiger partial charge in [-0.3, -0.25) is 0 Å². The summed E-state index contributed by atoms with van der Waals surface area (Å²) in [4.78, 5) is 0. The third kappa shape index (κ3) is 6.62. The average molecular weight is 802 g/mol. The number of halogens is 17. The van der Waals surface area contributed by atoms with Gasteiger partial charge in [-0.2, -0.15) is 0 Å². The quantitative estimate of drug-likeness (QED) is 0.0933. The van der Waals surface area contributed by atoms with E-state index in [-0.39, 0.29) is 10.5 Å². The minimum atomic E-state index is -8.63. The molecule has 0 spiro atoms. The summed E-state index contributed by atoms with van der Waals surface area (Å²) in [5.74, 6) is -56.2. The Hall–Kier alpha value is -3.25. The van der Waals surface area contributed by atoms with Crippen molar-refractivity contribution >= 4 is 35.9 Å². The van der Waals surface area contributed by atoms with Crippen molar-refractivity contribution in [2.75, 3.05) is 0 Å². The Balaban J connectivity index is 1.66. The molecule has 0 unspecified atom stereocenters. The Morgan fingerprint density at radius 1 is 0.380 bits per heavy atom. The molecule has 4 aromatic carbocycles. The molecule has 0 aliphatic rings. The summed E-state index contributed by atoms with van der Waals surface area (Å²) in [5.41, 5.74) is 0.970. The van der Waals surface area contributed by atoms with E-state index in [0.29, 0.717) is 21.9 Å². The Kier molecular flexibility index (Phi) is 10.3. The first-order chi connectivity index (χ1) is 22.7.